The average Bonchev–Trinajstić information content (AvgIpc) is 2.20. The number of carbonyl (C=O) groups excluding carboxylic acids is 1. The summed E-state index contributed by atoms with van der Waals surface area (Å²) in [6, 6.07) is -0.822. The molecule has 0 saturated heterocycles. The number of nitrogens with one attached hydrogen (secondary N) is 3. The minimum Gasteiger partial charge on any atom is -0.481 e. The largest absolute Gasteiger partial charge is 0.481 e. The van der Waals surface area contributed by atoms with Crippen LogP contribution < -0.4 is 16.0 Å². The minimum absolute atomic E-state index is 0.136. The SMILES string of the molecule is CNCNC(=O)[C@H](CO)NC(C)(C)CC(=O)O. The van der Waals surface area contributed by atoms with Gasteiger partial charge in [0.05, 0.1) is 19.7 Å². The van der Waals surface area contributed by atoms with Crippen molar-refractivity contribution in [2.45, 2.75) is 31.8 Å². The summed E-state index contributed by atoms with van der Waals surface area (Å²) in [5, 5.41) is 25.9. The summed E-state index contributed by atoms with van der Waals surface area (Å²) in [6.45, 7) is 3.22. The number of aliphatic hydroxyl groups is 1. The van der Waals surface area contributed by atoms with E-state index in [0.717, 1.165) is 0 Å². The van der Waals surface area contributed by atoms with Gasteiger partial charge >= 0.3 is 5.97 Å². The Hall–Kier alpha value is -1.18. The molecule has 0 aromatic carbocycles. The molecule has 0 aliphatic heterocycles. The quantitative estimate of drug-likeness (QED) is 0.333. The molecule has 17 heavy (non-hydrogen) atoms. The van der Waals surface area contributed by atoms with Gasteiger partial charge in [0.15, 0.2) is 0 Å². The van der Waals surface area contributed by atoms with Crippen molar-refractivity contribution in [1.29, 1.82) is 0 Å². The Bertz CT molecular complexity index is 268. The number of carboxylic acid groups (broad SMARTS) is 1. The van der Waals surface area contributed by atoms with Gasteiger partial charge in [0, 0.05) is 5.54 Å². The van der Waals surface area contributed by atoms with Crippen molar-refractivity contribution in [3.05, 3.63) is 0 Å². The summed E-state index contributed by atoms with van der Waals surface area (Å²) < 4.78 is 0. The minimum atomic E-state index is -0.963. The lowest BCUT2D eigenvalue weighted by atomic mass is 9.99. The van der Waals surface area contributed by atoms with Gasteiger partial charge in [-0.15, -0.1) is 0 Å². The molecule has 0 bridgehead atoms. The van der Waals surface area contributed by atoms with Gasteiger partial charge in [-0.05, 0) is 20.9 Å². The van der Waals surface area contributed by atoms with E-state index >= 15 is 0 Å². The number of aliphatic carboxylic acids is 1. The molecule has 1 amide bonds. The van der Waals surface area contributed by atoms with E-state index in [2.05, 4.69) is 16.0 Å². The van der Waals surface area contributed by atoms with Gasteiger partial charge in [0.2, 0.25) is 5.91 Å². The summed E-state index contributed by atoms with van der Waals surface area (Å²) in [4.78, 5) is 22.2. The van der Waals surface area contributed by atoms with Crippen LogP contribution in [0.4, 0.5) is 0 Å². The average molecular weight is 247 g/mol. The first-order valence-electron chi connectivity index (χ1n) is 5.35. The molecule has 0 fully saturated rings. The second-order valence-corrected chi connectivity index (χ2v) is 4.41. The summed E-state index contributed by atoms with van der Waals surface area (Å²) in [5.74, 6) is -1.34. The molecule has 0 spiro atoms. The highest BCUT2D eigenvalue weighted by Gasteiger charge is 2.28. The third-order valence-corrected chi connectivity index (χ3v) is 2.10. The van der Waals surface area contributed by atoms with Gasteiger partial charge in [0.25, 0.3) is 0 Å². The Morgan fingerprint density at radius 2 is 1.94 bits per heavy atom. The first-order chi connectivity index (χ1) is 7.82. The van der Waals surface area contributed by atoms with E-state index in [1.54, 1.807) is 20.9 Å². The van der Waals surface area contributed by atoms with Crippen molar-refractivity contribution in [1.82, 2.24) is 16.0 Å². The third kappa shape index (κ3) is 6.88. The molecular weight excluding hydrogens is 226 g/mol. The van der Waals surface area contributed by atoms with Crippen LogP contribution in [0.5, 0.6) is 0 Å². The molecule has 0 radical (unpaired) electrons. The van der Waals surface area contributed by atoms with E-state index in [-0.39, 0.29) is 19.0 Å². The van der Waals surface area contributed by atoms with Gasteiger partial charge in [-0.2, -0.15) is 0 Å². The van der Waals surface area contributed by atoms with Gasteiger partial charge in [-0.25, -0.2) is 0 Å². The lowest BCUT2D eigenvalue weighted by Gasteiger charge is -2.29. The Balaban J connectivity index is 4.37. The number of hydrogen-bond donors (Lipinski definition) is 5. The second kappa shape index (κ2) is 7.21. The lowest BCUT2D eigenvalue weighted by Crippen LogP contribution is -2.56. The molecule has 0 aromatic heterocycles. The zero-order valence-corrected chi connectivity index (χ0v) is 10.4. The Kier molecular flexibility index (Phi) is 6.71. The number of amides is 1. The maximum atomic E-state index is 11.6. The number of carboxylic acids is 1. The molecule has 1 atom stereocenters. The van der Waals surface area contributed by atoms with E-state index in [1.165, 1.54) is 0 Å². The van der Waals surface area contributed by atoms with Crippen LogP contribution in [0.3, 0.4) is 0 Å². The maximum Gasteiger partial charge on any atom is 0.305 e. The van der Waals surface area contributed by atoms with E-state index in [0.29, 0.717) is 0 Å². The van der Waals surface area contributed by atoms with E-state index in [9.17, 15) is 9.59 Å². The van der Waals surface area contributed by atoms with Crippen LogP contribution in [0.1, 0.15) is 20.3 Å². The van der Waals surface area contributed by atoms with Crippen molar-refractivity contribution < 1.29 is 19.8 Å². The standard InChI is InChI=1S/C10H21N3O4/c1-10(2,4-8(15)16)13-7(5-14)9(17)12-6-11-3/h7,11,13-14H,4-6H2,1-3H3,(H,12,17)(H,15,16)/t7-/m0/s1. The molecule has 0 aromatic rings. The van der Waals surface area contributed by atoms with Crippen LogP contribution in [0.2, 0.25) is 0 Å². The predicted molar refractivity (Wildman–Crippen MR) is 62.4 cm³/mol. The van der Waals surface area contributed by atoms with E-state index in [1.807, 2.05) is 0 Å². The van der Waals surface area contributed by atoms with Crippen molar-refractivity contribution in [3.63, 3.8) is 0 Å². The van der Waals surface area contributed by atoms with Crippen LogP contribution in [0.25, 0.3) is 0 Å². The molecule has 0 aliphatic carbocycles. The zero-order chi connectivity index (χ0) is 13.5. The van der Waals surface area contributed by atoms with Crippen LogP contribution >= 0.6 is 0 Å². The number of hydrogen-bond acceptors (Lipinski definition) is 5. The number of rotatable bonds is 8. The highest BCUT2D eigenvalue weighted by molar-refractivity contribution is 5.82. The topological polar surface area (TPSA) is 111 Å². The summed E-state index contributed by atoms with van der Waals surface area (Å²) in [6.07, 6.45) is -0.136. The molecule has 100 valence electrons. The maximum absolute atomic E-state index is 11.6. The summed E-state index contributed by atoms with van der Waals surface area (Å²) in [5.41, 5.74) is -0.768. The molecule has 7 heteroatoms. The van der Waals surface area contributed by atoms with Crippen LogP contribution in [-0.2, 0) is 9.59 Å². The first-order valence-corrected chi connectivity index (χ1v) is 5.35. The Labute approximate surface area is 101 Å². The first kappa shape index (κ1) is 15.8. The van der Waals surface area contributed by atoms with Gasteiger partial charge in [-0.1, -0.05) is 0 Å². The highest BCUT2D eigenvalue weighted by Crippen LogP contribution is 2.09. The predicted octanol–water partition coefficient (Wildman–Crippen LogP) is -1.52. The normalized spacial score (nSPS) is 13.2. The zero-order valence-electron chi connectivity index (χ0n) is 10.4. The molecule has 0 unspecified atom stereocenters. The van der Waals surface area contributed by atoms with Crippen molar-refractivity contribution in [3.8, 4) is 0 Å². The van der Waals surface area contributed by atoms with Crippen molar-refractivity contribution in [2.75, 3.05) is 20.3 Å². The van der Waals surface area contributed by atoms with Gasteiger partial charge in [0.1, 0.15) is 6.04 Å². The number of carbonyl (C=O) groups is 2. The molecule has 0 aliphatic rings. The molecule has 7 nitrogen and oxygen atoms in total. The second-order valence-electron chi connectivity index (χ2n) is 4.41. The highest BCUT2D eigenvalue weighted by atomic mass is 16.4. The summed E-state index contributed by atoms with van der Waals surface area (Å²) >= 11 is 0. The Morgan fingerprint density at radius 1 is 1.35 bits per heavy atom. The van der Waals surface area contributed by atoms with E-state index < -0.39 is 24.2 Å². The van der Waals surface area contributed by atoms with Crippen molar-refractivity contribution >= 4 is 11.9 Å². The molecule has 0 heterocycles. The monoisotopic (exact) mass is 247 g/mol. The van der Waals surface area contributed by atoms with Crippen molar-refractivity contribution in [2.24, 2.45) is 0 Å². The lowest BCUT2D eigenvalue weighted by molar-refractivity contribution is -0.139. The van der Waals surface area contributed by atoms with Crippen LogP contribution in [0, 0.1) is 0 Å². The van der Waals surface area contributed by atoms with Gasteiger partial charge in [-0.3, -0.25) is 14.9 Å². The summed E-state index contributed by atoms with van der Waals surface area (Å²) in [7, 11) is 1.68. The van der Waals surface area contributed by atoms with Crippen LogP contribution in [0.15, 0.2) is 0 Å². The smallest absolute Gasteiger partial charge is 0.305 e. The van der Waals surface area contributed by atoms with Gasteiger partial charge < -0.3 is 20.8 Å². The fraction of sp³-hybridized carbons (Fsp3) is 0.800. The third-order valence-electron chi connectivity index (χ3n) is 2.10. The van der Waals surface area contributed by atoms with E-state index in [4.69, 9.17) is 10.2 Å². The number of aliphatic hydroxyl groups excluding tert-OH is 1. The fourth-order valence-corrected chi connectivity index (χ4v) is 1.39. The molecule has 0 saturated carbocycles. The fourth-order valence-electron chi connectivity index (χ4n) is 1.39. The Morgan fingerprint density at radius 3 is 2.35 bits per heavy atom. The molecular formula is C10H21N3O4. The molecule has 5 N–H and O–H groups in total. The van der Waals surface area contributed by atoms with Crippen LogP contribution in [-0.4, -0.2) is 54.0 Å². The molecule has 0 rings (SSSR count).